The van der Waals surface area contributed by atoms with Gasteiger partial charge in [0.2, 0.25) is 0 Å². The summed E-state index contributed by atoms with van der Waals surface area (Å²) in [6.45, 7) is 3.73. The summed E-state index contributed by atoms with van der Waals surface area (Å²) >= 11 is 1.66. The number of carbonyl (C=O) groups is 1. The predicted molar refractivity (Wildman–Crippen MR) is 107 cm³/mol. The van der Waals surface area contributed by atoms with Gasteiger partial charge in [-0.2, -0.15) is 0 Å². The Hall–Kier alpha value is -2.06. The molecule has 0 saturated carbocycles. The summed E-state index contributed by atoms with van der Waals surface area (Å²) < 4.78 is 0. The first-order chi connectivity index (χ1) is 13.2. The van der Waals surface area contributed by atoms with Crippen LogP contribution in [-0.4, -0.2) is 75.7 Å². The Morgan fingerprint density at radius 1 is 1.26 bits per heavy atom. The van der Waals surface area contributed by atoms with Crippen LogP contribution < -0.4 is 4.90 Å². The lowest BCUT2D eigenvalue weighted by molar-refractivity contribution is -0.128. The van der Waals surface area contributed by atoms with Crippen molar-refractivity contribution < 1.29 is 4.79 Å². The second-order valence-electron chi connectivity index (χ2n) is 7.61. The Labute approximate surface area is 162 Å². The fraction of sp³-hybridized carbons (Fsp3) is 0.526. The largest absolute Gasteiger partial charge is 0.346 e. The average Bonchev–Trinajstić information content (AvgIpc) is 3.34. The normalized spacial score (nSPS) is 26.3. The van der Waals surface area contributed by atoms with Gasteiger partial charge < -0.3 is 19.7 Å². The number of nitrogens with one attached hydrogen (secondary N) is 1. The second-order valence-corrected chi connectivity index (χ2v) is 8.75. The molecule has 2 fully saturated rings. The Balaban J connectivity index is 1.38. The number of H-pyrrole nitrogens is 1. The maximum absolute atomic E-state index is 13.2. The Bertz CT molecular complexity index is 895. The van der Waals surface area contributed by atoms with Crippen LogP contribution in [0, 0.1) is 5.92 Å². The van der Waals surface area contributed by atoms with Crippen molar-refractivity contribution in [2.75, 3.05) is 43.9 Å². The van der Waals surface area contributed by atoms with E-state index in [1.165, 1.54) is 6.42 Å². The monoisotopic (exact) mass is 384 g/mol. The zero-order valence-electron chi connectivity index (χ0n) is 15.5. The van der Waals surface area contributed by atoms with E-state index in [1.807, 2.05) is 18.5 Å². The molecule has 2 aromatic rings. The molecule has 3 aliphatic rings. The molecule has 0 radical (unpaired) electrons. The van der Waals surface area contributed by atoms with Gasteiger partial charge in [0.05, 0.1) is 10.3 Å². The molecule has 2 aromatic heterocycles. The maximum atomic E-state index is 13.2. The van der Waals surface area contributed by atoms with Crippen LogP contribution in [0.15, 0.2) is 29.7 Å². The topological polar surface area (TPSA) is 68.4 Å². The van der Waals surface area contributed by atoms with Crippen molar-refractivity contribution in [2.45, 2.75) is 18.9 Å². The van der Waals surface area contributed by atoms with Crippen molar-refractivity contribution in [3.8, 4) is 0 Å². The van der Waals surface area contributed by atoms with E-state index in [9.17, 15) is 4.79 Å². The van der Waals surface area contributed by atoms with Crippen LogP contribution >= 0.6 is 11.8 Å². The highest BCUT2D eigenvalue weighted by Gasteiger charge is 2.38. The van der Waals surface area contributed by atoms with E-state index >= 15 is 0 Å². The highest BCUT2D eigenvalue weighted by Crippen LogP contribution is 2.34. The first-order valence-electron chi connectivity index (χ1n) is 9.59. The van der Waals surface area contributed by atoms with E-state index < -0.39 is 0 Å². The van der Waals surface area contributed by atoms with Crippen molar-refractivity contribution in [1.29, 1.82) is 0 Å². The molecule has 0 unspecified atom stereocenters. The third-order valence-electron chi connectivity index (χ3n) is 6.11. The smallest absolute Gasteiger partial charge is 0.261 e. The number of aromatic nitrogens is 3. The molecule has 0 aliphatic carbocycles. The minimum atomic E-state index is 0.169. The molecular weight excluding hydrogens is 360 g/mol. The van der Waals surface area contributed by atoms with Gasteiger partial charge in [-0.15, -0.1) is 11.8 Å². The van der Waals surface area contributed by atoms with Crippen molar-refractivity contribution in [3.05, 3.63) is 29.7 Å². The molecular formula is C19H24N6OS. The summed E-state index contributed by atoms with van der Waals surface area (Å²) in [7, 11) is 2.19. The number of nitrogens with zero attached hydrogens (tertiary/aromatic N) is 5. The highest BCUT2D eigenvalue weighted by atomic mass is 32.2. The molecule has 2 saturated heterocycles. The van der Waals surface area contributed by atoms with Gasteiger partial charge in [0.25, 0.3) is 5.91 Å². The fourth-order valence-corrected chi connectivity index (χ4v) is 5.52. The molecule has 142 valence electrons. The van der Waals surface area contributed by atoms with E-state index in [1.54, 1.807) is 18.1 Å². The first kappa shape index (κ1) is 17.1. The molecule has 7 nitrogen and oxygen atoms in total. The number of amides is 1. The van der Waals surface area contributed by atoms with E-state index in [2.05, 4.69) is 36.7 Å². The maximum Gasteiger partial charge on any atom is 0.261 e. The zero-order chi connectivity index (χ0) is 18.4. The van der Waals surface area contributed by atoms with Gasteiger partial charge in [0.1, 0.15) is 17.8 Å². The molecule has 3 aliphatic heterocycles. The predicted octanol–water partition coefficient (Wildman–Crippen LogP) is 1.91. The summed E-state index contributed by atoms with van der Waals surface area (Å²) in [5, 5.41) is 0.987. The standard InChI is InChI=1S/C19H24N6OS/c1-23-6-3-13-4-7-25(10-15(13)23)19(26)16-11-24(8-9-27-16)18-14-2-5-20-17(14)21-12-22-18/h2,5,11-13,15H,3-4,6-10H2,1H3,(H,20,21,22)/t13-,15+/m0/s1. The van der Waals surface area contributed by atoms with Crippen LogP contribution in [0.3, 0.4) is 0 Å². The summed E-state index contributed by atoms with van der Waals surface area (Å²) in [5.74, 6) is 2.67. The number of fused-ring (bicyclic) bond motifs is 2. The lowest BCUT2D eigenvalue weighted by Gasteiger charge is -2.38. The SMILES string of the molecule is CN1CC[C@H]2CCN(C(=O)C3=CN(c4ncnc5[nH]ccc45)CCS3)C[C@H]21. The van der Waals surface area contributed by atoms with Gasteiger partial charge >= 0.3 is 0 Å². The van der Waals surface area contributed by atoms with Crippen molar-refractivity contribution in [3.63, 3.8) is 0 Å². The molecule has 0 bridgehead atoms. The third kappa shape index (κ3) is 3.00. The number of carbonyl (C=O) groups excluding carboxylic acids is 1. The van der Waals surface area contributed by atoms with Crippen LogP contribution in [0.2, 0.25) is 0 Å². The minimum Gasteiger partial charge on any atom is -0.346 e. The molecule has 0 spiro atoms. The van der Waals surface area contributed by atoms with Gasteiger partial charge in [-0.25, -0.2) is 9.97 Å². The van der Waals surface area contributed by atoms with Crippen LogP contribution in [-0.2, 0) is 4.79 Å². The summed E-state index contributed by atoms with van der Waals surface area (Å²) in [5.41, 5.74) is 0.825. The van der Waals surface area contributed by atoms with Gasteiger partial charge in [0, 0.05) is 43.8 Å². The molecule has 0 aromatic carbocycles. The molecule has 2 atom stereocenters. The summed E-state index contributed by atoms with van der Waals surface area (Å²) in [6, 6.07) is 2.51. The van der Waals surface area contributed by atoms with Crippen LogP contribution in [0.25, 0.3) is 11.0 Å². The number of hydrogen-bond acceptors (Lipinski definition) is 6. The van der Waals surface area contributed by atoms with E-state index in [0.29, 0.717) is 6.04 Å². The Morgan fingerprint density at radius 2 is 2.15 bits per heavy atom. The zero-order valence-corrected chi connectivity index (χ0v) is 16.3. The molecule has 5 rings (SSSR count). The highest BCUT2D eigenvalue weighted by molar-refractivity contribution is 8.04. The fourth-order valence-electron chi connectivity index (χ4n) is 4.56. The number of anilines is 1. The number of aromatic amines is 1. The number of hydrogen-bond donors (Lipinski definition) is 1. The number of rotatable bonds is 2. The Kier molecular flexibility index (Phi) is 4.32. The van der Waals surface area contributed by atoms with Gasteiger partial charge in [-0.3, -0.25) is 4.79 Å². The van der Waals surface area contributed by atoms with Crippen molar-refractivity contribution in [2.24, 2.45) is 5.92 Å². The molecule has 5 heterocycles. The van der Waals surface area contributed by atoms with Gasteiger partial charge in [-0.1, -0.05) is 0 Å². The van der Waals surface area contributed by atoms with E-state index in [0.717, 1.165) is 66.0 Å². The summed E-state index contributed by atoms with van der Waals surface area (Å²) in [4.78, 5) is 32.4. The van der Waals surface area contributed by atoms with Gasteiger partial charge in [-0.05, 0) is 38.4 Å². The molecule has 1 N–H and O–H groups in total. The number of likely N-dealkylation sites (N-methyl/N-ethyl adjacent to an activating group) is 1. The average molecular weight is 385 g/mol. The van der Waals surface area contributed by atoms with Crippen molar-refractivity contribution in [1.82, 2.24) is 24.8 Å². The molecule has 1 amide bonds. The third-order valence-corrected chi connectivity index (χ3v) is 7.08. The lowest BCUT2D eigenvalue weighted by atomic mass is 9.92. The Morgan fingerprint density at radius 3 is 3.07 bits per heavy atom. The van der Waals surface area contributed by atoms with Crippen LogP contribution in [0.4, 0.5) is 5.82 Å². The van der Waals surface area contributed by atoms with E-state index in [-0.39, 0.29) is 5.91 Å². The summed E-state index contributed by atoms with van der Waals surface area (Å²) in [6.07, 6.45) is 7.83. The van der Waals surface area contributed by atoms with Crippen molar-refractivity contribution >= 4 is 34.5 Å². The number of likely N-dealkylation sites (tertiary alicyclic amines) is 2. The van der Waals surface area contributed by atoms with Crippen LogP contribution in [0.1, 0.15) is 12.8 Å². The first-order valence-corrected chi connectivity index (χ1v) is 10.6. The number of piperidine rings is 1. The van der Waals surface area contributed by atoms with Crippen LogP contribution in [0.5, 0.6) is 0 Å². The lowest BCUT2D eigenvalue weighted by Crippen LogP contribution is -2.49. The minimum absolute atomic E-state index is 0.169. The van der Waals surface area contributed by atoms with Gasteiger partial charge in [0.15, 0.2) is 0 Å². The number of thioether (sulfide) groups is 1. The molecule has 8 heteroatoms. The van der Waals surface area contributed by atoms with E-state index in [4.69, 9.17) is 0 Å². The molecule has 27 heavy (non-hydrogen) atoms. The second kappa shape index (κ2) is 6.83. The quantitative estimate of drug-likeness (QED) is 0.853.